The standard InChI is InChI=1S/C6H10N2OS/c1-4-5(9)7-6(10-4)8(2)3/h4H,1-3H3. The van der Waals surface area contributed by atoms with Crippen molar-refractivity contribution in [1.29, 1.82) is 0 Å². The van der Waals surface area contributed by atoms with Gasteiger partial charge in [-0.2, -0.15) is 4.99 Å². The van der Waals surface area contributed by atoms with Crippen molar-refractivity contribution in [2.75, 3.05) is 14.1 Å². The number of amides is 1. The van der Waals surface area contributed by atoms with Gasteiger partial charge in [-0.3, -0.25) is 4.79 Å². The first-order valence-corrected chi connectivity index (χ1v) is 3.95. The lowest BCUT2D eigenvalue weighted by Crippen LogP contribution is -2.16. The quantitative estimate of drug-likeness (QED) is 0.516. The molecule has 3 nitrogen and oxygen atoms in total. The van der Waals surface area contributed by atoms with Crippen LogP contribution in [0.3, 0.4) is 0 Å². The third-order valence-corrected chi connectivity index (χ3v) is 2.44. The van der Waals surface area contributed by atoms with Crippen LogP contribution in [-0.2, 0) is 4.79 Å². The van der Waals surface area contributed by atoms with E-state index in [0.717, 1.165) is 5.17 Å². The Kier molecular flexibility index (Phi) is 1.99. The van der Waals surface area contributed by atoms with E-state index in [1.165, 1.54) is 11.8 Å². The molecule has 1 rings (SSSR count). The fraction of sp³-hybridized carbons (Fsp3) is 0.667. The molecule has 0 N–H and O–H groups in total. The van der Waals surface area contributed by atoms with Crippen LogP contribution in [0.15, 0.2) is 4.99 Å². The zero-order valence-electron chi connectivity index (χ0n) is 6.29. The molecule has 1 unspecified atom stereocenters. The lowest BCUT2D eigenvalue weighted by molar-refractivity contribution is -0.116. The van der Waals surface area contributed by atoms with Crippen molar-refractivity contribution in [3.63, 3.8) is 0 Å². The molecule has 0 spiro atoms. The van der Waals surface area contributed by atoms with Crippen LogP contribution < -0.4 is 0 Å². The Hall–Kier alpha value is -0.510. The van der Waals surface area contributed by atoms with Crippen molar-refractivity contribution in [3.05, 3.63) is 0 Å². The van der Waals surface area contributed by atoms with E-state index in [9.17, 15) is 4.79 Å². The Bertz CT molecular complexity index is 188. The van der Waals surface area contributed by atoms with Crippen molar-refractivity contribution in [3.8, 4) is 0 Å². The summed E-state index contributed by atoms with van der Waals surface area (Å²) in [6, 6.07) is 0. The van der Waals surface area contributed by atoms with E-state index in [-0.39, 0.29) is 11.2 Å². The molecule has 0 aromatic heterocycles. The number of carbonyl (C=O) groups is 1. The zero-order valence-corrected chi connectivity index (χ0v) is 7.10. The topological polar surface area (TPSA) is 32.7 Å². The number of nitrogens with zero attached hydrogens (tertiary/aromatic N) is 2. The molecule has 1 aliphatic heterocycles. The van der Waals surface area contributed by atoms with Gasteiger partial charge >= 0.3 is 0 Å². The Morgan fingerprint density at radius 1 is 1.60 bits per heavy atom. The number of amidine groups is 1. The van der Waals surface area contributed by atoms with Gasteiger partial charge < -0.3 is 4.90 Å². The number of hydrogen-bond acceptors (Lipinski definition) is 3. The average Bonchev–Trinajstić information content (AvgIpc) is 2.13. The lowest BCUT2D eigenvalue weighted by Gasteiger charge is -2.09. The summed E-state index contributed by atoms with van der Waals surface area (Å²) in [5, 5.41) is 0.829. The summed E-state index contributed by atoms with van der Waals surface area (Å²) in [5.74, 6) is -0.0197. The fourth-order valence-corrected chi connectivity index (χ4v) is 1.45. The number of aliphatic imine (C=N–C) groups is 1. The highest BCUT2D eigenvalue weighted by Gasteiger charge is 2.24. The maximum Gasteiger partial charge on any atom is 0.261 e. The number of hydrogen-bond donors (Lipinski definition) is 0. The van der Waals surface area contributed by atoms with Gasteiger partial charge in [0.2, 0.25) is 0 Å². The Balaban J connectivity index is 2.67. The van der Waals surface area contributed by atoms with E-state index in [1.54, 1.807) is 0 Å². The predicted molar refractivity (Wildman–Crippen MR) is 43.2 cm³/mol. The van der Waals surface area contributed by atoms with Gasteiger partial charge in [-0.1, -0.05) is 11.8 Å². The molecule has 0 saturated carbocycles. The lowest BCUT2D eigenvalue weighted by atomic mass is 10.5. The summed E-state index contributed by atoms with van der Waals surface area (Å²) >= 11 is 1.51. The minimum Gasteiger partial charge on any atom is -0.357 e. The third kappa shape index (κ3) is 1.31. The minimum atomic E-state index is -0.0197. The van der Waals surface area contributed by atoms with Gasteiger partial charge in [-0.15, -0.1) is 0 Å². The Morgan fingerprint density at radius 2 is 2.20 bits per heavy atom. The summed E-state index contributed by atoms with van der Waals surface area (Å²) in [6.45, 7) is 1.87. The van der Waals surface area contributed by atoms with Crippen LogP contribution in [0.4, 0.5) is 0 Å². The molecule has 0 aliphatic carbocycles. The largest absolute Gasteiger partial charge is 0.357 e. The minimum absolute atomic E-state index is 0.0115. The molecule has 0 bridgehead atoms. The second-order valence-corrected chi connectivity index (χ2v) is 3.70. The Labute approximate surface area is 64.5 Å². The fourth-order valence-electron chi connectivity index (χ4n) is 0.625. The van der Waals surface area contributed by atoms with E-state index in [2.05, 4.69) is 4.99 Å². The van der Waals surface area contributed by atoms with Crippen molar-refractivity contribution >= 4 is 22.8 Å². The van der Waals surface area contributed by atoms with Crippen molar-refractivity contribution in [1.82, 2.24) is 4.90 Å². The molecule has 0 aromatic rings. The van der Waals surface area contributed by atoms with Crippen molar-refractivity contribution in [2.45, 2.75) is 12.2 Å². The molecule has 0 fully saturated rings. The van der Waals surface area contributed by atoms with Gasteiger partial charge in [0.25, 0.3) is 5.91 Å². The van der Waals surface area contributed by atoms with Crippen molar-refractivity contribution < 1.29 is 4.79 Å². The molecule has 1 heterocycles. The molecule has 1 amide bonds. The van der Waals surface area contributed by atoms with Crippen LogP contribution in [0, 0.1) is 0 Å². The van der Waals surface area contributed by atoms with Crippen LogP contribution in [0.2, 0.25) is 0 Å². The van der Waals surface area contributed by atoms with Gasteiger partial charge in [-0.05, 0) is 6.92 Å². The van der Waals surface area contributed by atoms with Gasteiger partial charge in [0.15, 0.2) is 5.17 Å². The highest BCUT2D eigenvalue weighted by Crippen LogP contribution is 2.22. The summed E-state index contributed by atoms with van der Waals surface area (Å²) in [6.07, 6.45) is 0. The first-order valence-electron chi connectivity index (χ1n) is 3.08. The summed E-state index contributed by atoms with van der Waals surface area (Å²) in [5.41, 5.74) is 0. The predicted octanol–water partition coefficient (Wildman–Crippen LogP) is 0.566. The molecular weight excluding hydrogens is 148 g/mol. The second-order valence-electron chi connectivity index (χ2n) is 2.39. The molecule has 56 valence electrons. The third-order valence-electron chi connectivity index (χ3n) is 1.22. The molecule has 1 atom stereocenters. The summed E-state index contributed by atoms with van der Waals surface area (Å²) in [4.78, 5) is 16.5. The number of carbonyl (C=O) groups excluding carboxylic acids is 1. The number of rotatable bonds is 0. The molecule has 4 heteroatoms. The maximum atomic E-state index is 10.9. The van der Waals surface area contributed by atoms with Gasteiger partial charge in [-0.25, -0.2) is 0 Å². The highest BCUT2D eigenvalue weighted by molar-refractivity contribution is 8.15. The van der Waals surface area contributed by atoms with Crippen molar-refractivity contribution in [2.24, 2.45) is 4.99 Å². The first-order chi connectivity index (χ1) is 4.61. The summed E-state index contributed by atoms with van der Waals surface area (Å²) < 4.78 is 0. The van der Waals surface area contributed by atoms with Crippen LogP contribution in [-0.4, -0.2) is 35.3 Å². The Morgan fingerprint density at radius 3 is 2.40 bits per heavy atom. The van der Waals surface area contributed by atoms with E-state index < -0.39 is 0 Å². The van der Waals surface area contributed by atoms with Crippen LogP contribution in [0.5, 0.6) is 0 Å². The molecular formula is C6H10N2OS. The molecule has 0 saturated heterocycles. The second kappa shape index (κ2) is 2.62. The molecule has 10 heavy (non-hydrogen) atoms. The monoisotopic (exact) mass is 158 g/mol. The van der Waals surface area contributed by atoms with Crippen LogP contribution in [0.25, 0.3) is 0 Å². The van der Waals surface area contributed by atoms with Gasteiger partial charge in [0.05, 0.1) is 5.25 Å². The number of thioether (sulfide) groups is 1. The van der Waals surface area contributed by atoms with Crippen LogP contribution in [0.1, 0.15) is 6.92 Å². The van der Waals surface area contributed by atoms with Crippen LogP contribution >= 0.6 is 11.8 Å². The molecule has 0 radical (unpaired) electrons. The highest BCUT2D eigenvalue weighted by atomic mass is 32.2. The van der Waals surface area contributed by atoms with E-state index in [4.69, 9.17) is 0 Å². The summed E-state index contributed by atoms with van der Waals surface area (Å²) in [7, 11) is 3.77. The molecule has 0 aromatic carbocycles. The van der Waals surface area contributed by atoms with Gasteiger partial charge in [0.1, 0.15) is 0 Å². The van der Waals surface area contributed by atoms with E-state index in [1.807, 2.05) is 25.9 Å². The van der Waals surface area contributed by atoms with E-state index in [0.29, 0.717) is 0 Å². The first kappa shape index (κ1) is 7.60. The normalized spacial score (nSPS) is 24.9. The SMILES string of the molecule is CC1SC(N(C)C)=NC1=O. The zero-order chi connectivity index (χ0) is 7.72. The maximum absolute atomic E-state index is 10.9. The smallest absolute Gasteiger partial charge is 0.261 e. The van der Waals surface area contributed by atoms with Gasteiger partial charge in [0, 0.05) is 14.1 Å². The molecule has 1 aliphatic rings. The van der Waals surface area contributed by atoms with E-state index >= 15 is 0 Å². The average molecular weight is 158 g/mol.